The molecule has 0 saturated carbocycles. The molecule has 0 amide bonds. The van der Waals surface area contributed by atoms with Crippen LogP contribution in [0.3, 0.4) is 0 Å². The molecule has 0 saturated heterocycles. The predicted molar refractivity (Wildman–Crippen MR) is 26.3 cm³/mol. The van der Waals surface area contributed by atoms with Crippen molar-refractivity contribution in [2.24, 2.45) is 3.96 Å². The molecule has 0 aromatic rings. The molecule has 0 heterocycles. The van der Waals surface area contributed by atoms with Gasteiger partial charge in [-0.3, -0.25) is 0 Å². The molecule has 2 N–H and O–H groups in total. The van der Waals surface area contributed by atoms with Crippen molar-refractivity contribution >= 4 is 20.0 Å². The second kappa shape index (κ2) is 2.97. The Labute approximate surface area is 40.6 Å². The molecule has 1 radical (unpaired) electrons. The van der Waals surface area contributed by atoms with Gasteiger partial charge < -0.3 is 0 Å². The van der Waals surface area contributed by atoms with Gasteiger partial charge >= 0.3 is 40.3 Å². The molecule has 0 bridgehead atoms. The molecule has 0 aromatic carbocycles. The zero-order valence-electron chi connectivity index (χ0n) is 3.78. The van der Waals surface area contributed by atoms with Crippen LogP contribution in [-0.4, -0.2) is 20.0 Å². The van der Waals surface area contributed by atoms with E-state index in [0.29, 0.717) is 0 Å². The first kappa shape index (κ1) is 5.76. The average molecular weight is 179 g/mol. The van der Waals surface area contributed by atoms with Crippen LogP contribution in [0, 0.1) is 0 Å². The molecule has 0 aliphatic heterocycles. The van der Waals surface area contributed by atoms with Crippen LogP contribution >= 0.6 is 0 Å². The minimum absolute atomic E-state index is 1.08. The first-order valence-corrected chi connectivity index (χ1v) is 8.37. The molecule has 0 aliphatic rings. The SMILES string of the molecule is C[CH2][Sn]([CH3])[NH2]. The third-order valence-electron chi connectivity index (χ3n) is 0.558. The first-order valence-electron chi connectivity index (χ1n) is 1.85. The number of hydrogen-bond acceptors (Lipinski definition) is 1. The van der Waals surface area contributed by atoms with Crippen molar-refractivity contribution in [3.05, 3.63) is 0 Å². The van der Waals surface area contributed by atoms with Crippen LogP contribution in [0.25, 0.3) is 0 Å². The van der Waals surface area contributed by atoms with E-state index < -0.39 is 20.0 Å². The molecule has 31 valence electrons. The van der Waals surface area contributed by atoms with E-state index in [4.69, 9.17) is 3.96 Å². The predicted octanol–water partition coefficient (Wildman–Crippen LogP) is 0.586. The molecule has 0 unspecified atom stereocenters. The van der Waals surface area contributed by atoms with Gasteiger partial charge in [-0.2, -0.15) is 0 Å². The molecule has 1 nitrogen and oxygen atoms in total. The fourth-order valence-corrected chi connectivity index (χ4v) is 0. The van der Waals surface area contributed by atoms with Crippen LogP contribution in [0.15, 0.2) is 0 Å². The first-order chi connectivity index (χ1) is 2.27. The molecule has 0 aliphatic carbocycles. The van der Waals surface area contributed by atoms with E-state index in [1.807, 2.05) is 0 Å². The van der Waals surface area contributed by atoms with E-state index in [-0.39, 0.29) is 0 Å². The van der Waals surface area contributed by atoms with Crippen molar-refractivity contribution < 1.29 is 0 Å². The van der Waals surface area contributed by atoms with Gasteiger partial charge in [0.1, 0.15) is 0 Å². The van der Waals surface area contributed by atoms with Crippen LogP contribution in [0.2, 0.25) is 9.38 Å². The zero-order chi connectivity index (χ0) is 4.28. The third kappa shape index (κ3) is 4.76. The molecule has 2 heteroatoms. The van der Waals surface area contributed by atoms with Crippen molar-refractivity contribution in [1.82, 2.24) is 0 Å². The minimum atomic E-state index is -1.08. The van der Waals surface area contributed by atoms with Gasteiger partial charge in [-0.25, -0.2) is 0 Å². The van der Waals surface area contributed by atoms with Crippen molar-refractivity contribution in [3.63, 3.8) is 0 Å². The van der Waals surface area contributed by atoms with Crippen molar-refractivity contribution in [2.45, 2.75) is 16.3 Å². The maximum atomic E-state index is 5.49. The summed E-state index contributed by atoms with van der Waals surface area (Å²) in [5.41, 5.74) is 0. The summed E-state index contributed by atoms with van der Waals surface area (Å²) in [6.45, 7) is 2.16. The maximum absolute atomic E-state index is 5.49. The fraction of sp³-hybridized carbons (Fsp3) is 1.00. The van der Waals surface area contributed by atoms with E-state index in [1.54, 1.807) is 0 Å². The molecular formula is C3H10NSn. The summed E-state index contributed by atoms with van der Waals surface area (Å²) in [6.07, 6.45) is 0. The Bertz CT molecular complexity index is 20.9. The quantitative estimate of drug-likeness (QED) is 0.585. The van der Waals surface area contributed by atoms with Gasteiger partial charge in [0.25, 0.3) is 0 Å². The monoisotopic (exact) mass is 180 g/mol. The van der Waals surface area contributed by atoms with Gasteiger partial charge in [0.2, 0.25) is 0 Å². The molecule has 0 atom stereocenters. The van der Waals surface area contributed by atoms with Gasteiger partial charge in [-0.1, -0.05) is 0 Å². The van der Waals surface area contributed by atoms with Crippen LogP contribution in [-0.2, 0) is 0 Å². The summed E-state index contributed by atoms with van der Waals surface area (Å²) in [5.74, 6) is 0. The Morgan fingerprint density at radius 1 is 1.80 bits per heavy atom. The summed E-state index contributed by atoms with van der Waals surface area (Å²) in [6, 6.07) is 0. The molecule has 0 aromatic heterocycles. The molecule has 0 fully saturated rings. The summed E-state index contributed by atoms with van der Waals surface area (Å²) in [5, 5.41) is 0. The van der Waals surface area contributed by atoms with E-state index in [2.05, 4.69) is 11.9 Å². The summed E-state index contributed by atoms with van der Waals surface area (Å²) < 4.78 is 6.77. The van der Waals surface area contributed by atoms with Gasteiger partial charge in [-0.15, -0.1) is 0 Å². The second-order valence-corrected chi connectivity index (χ2v) is 8.05. The van der Waals surface area contributed by atoms with E-state index in [1.165, 1.54) is 4.44 Å². The fourth-order valence-electron chi connectivity index (χ4n) is 0. The van der Waals surface area contributed by atoms with Crippen LogP contribution < -0.4 is 3.96 Å². The molecule has 0 spiro atoms. The van der Waals surface area contributed by atoms with Crippen molar-refractivity contribution in [1.29, 1.82) is 0 Å². The third-order valence-corrected chi connectivity index (χ3v) is 3.74. The van der Waals surface area contributed by atoms with Gasteiger partial charge in [0, 0.05) is 0 Å². The molecule has 0 rings (SSSR count). The molecular weight excluding hydrogens is 169 g/mol. The topological polar surface area (TPSA) is 26.0 Å². The zero-order valence-corrected chi connectivity index (χ0v) is 6.64. The Morgan fingerprint density at radius 2 is 2.00 bits per heavy atom. The number of nitrogens with two attached hydrogens (primary N) is 1. The number of hydrogen-bond donors (Lipinski definition) is 1. The summed E-state index contributed by atoms with van der Waals surface area (Å²) in [4.78, 5) is 2.20. The van der Waals surface area contributed by atoms with Gasteiger partial charge in [0.15, 0.2) is 0 Å². The van der Waals surface area contributed by atoms with E-state index in [0.717, 1.165) is 0 Å². The van der Waals surface area contributed by atoms with Gasteiger partial charge in [0.05, 0.1) is 0 Å². The Kier molecular flexibility index (Phi) is 3.42. The Balaban J connectivity index is 2.54. The Morgan fingerprint density at radius 3 is 2.00 bits per heavy atom. The Hall–Kier alpha value is 0.759. The van der Waals surface area contributed by atoms with Crippen molar-refractivity contribution in [2.75, 3.05) is 0 Å². The van der Waals surface area contributed by atoms with Crippen LogP contribution in [0.4, 0.5) is 0 Å². The standard InChI is InChI=1S/C2H5.CH3.H2N.Sn/c1-2;;;/h1H2,2H3;1H3;1H2;/q;;-1;+1. The van der Waals surface area contributed by atoms with Crippen LogP contribution in [0.1, 0.15) is 6.92 Å². The normalized spacial score (nSPS) is 9.60. The second-order valence-electron chi connectivity index (χ2n) is 1.20. The van der Waals surface area contributed by atoms with Gasteiger partial charge in [-0.05, 0) is 0 Å². The van der Waals surface area contributed by atoms with E-state index >= 15 is 0 Å². The van der Waals surface area contributed by atoms with Crippen molar-refractivity contribution in [3.8, 4) is 0 Å². The molecule has 5 heavy (non-hydrogen) atoms. The van der Waals surface area contributed by atoms with E-state index in [9.17, 15) is 0 Å². The average Bonchev–Trinajstić information content (AvgIpc) is 1.38. The number of rotatable bonds is 1. The summed E-state index contributed by atoms with van der Waals surface area (Å²) in [7, 11) is 0. The van der Waals surface area contributed by atoms with Crippen LogP contribution in [0.5, 0.6) is 0 Å². The summed E-state index contributed by atoms with van der Waals surface area (Å²) >= 11 is -1.08.